The molecule has 0 aliphatic rings. The molecule has 34 heavy (non-hydrogen) atoms. The van der Waals surface area contributed by atoms with Crippen LogP contribution < -0.4 is 10.3 Å². The van der Waals surface area contributed by atoms with Crippen molar-refractivity contribution >= 4 is 28.1 Å². The third-order valence-electron chi connectivity index (χ3n) is 5.28. The van der Waals surface area contributed by atoms with Crippen molar-refractivity contribution in [3.05, 3.63) is 87.3 Å². The van der Waals surface area contributed by atoms with Gasteiger partial charge in [0.25, 0.3) is 5.56 Å². The predicted octanol–water partition coefficient (Wildman–Crippen LogP) is 4.26. The van der Waals surface area contributed by atoms with Crippen LogP contribution in [-0.4, -0.2) is 36.5 Å². The van der Waals surface area contributed by atoms with Gasteiger partial charge in [0.2, 0.25) is 4.96 Å². The van der Waals surface area contributed by atoms with E-state index < -0.39 is 0 Å². The predicted molar refractivity (Wildman–Crippen MR) is 134 cm³/mol. The molecule has 0 spiro atoms. The van der Waals surface area contributed by atoms with Crippen LogP contribution in [0.2, 0.25) is 0 Å². The maximum atomic E-state index is 12.4. The number of benzene rings is 2. The van der Waals surface area contributed by atoms with Gasteiger partial charge in [-0.1, -0.05) is 65.6 Å². The highest BCUT2D eigenvalue weighted by molar-refractivity contribution is 7.98. The van der Waals surface area contributed by atoms with Crippen molar-refractivity contribution in [3.63, 3.8) is 0 Å². The number of hydrogen-bond acceptors (Lipinski definition) is 8. The first kappa shape index (κ1) is 22.3. The zero-order valence-electron chi connectivity index (χ0n) is 18.7. The molecule has 0 fully saturated rings. The molecular formula is C24H22N6O2S2. The Morgan fingerprint density at radius 1 is 1.06 bits per heavy atom. The number of aromatic nitrogens is 6. The molecule has 10 heteroatoms. The Morgan fingerprint density at radius 3 is 2.68 bits per heavy atom. The minimum atomic E-state index is -0.176. The first-order valence-electron chi connectivity index (χ1n) is 10.7. The maximum Gasteiger partial charge on any atom is 0.275 e. The van der Waals surface area contributed by atoms with Gasteiger partial charge in [-0.05, 0) is 31.0 Å². The molecule has 0 bridgehead atoms. The third-order valence-corrected chi connectivity index (χ3v) is 7.10. The lowest BCUT2D eigenvalue weighted by Crippen LogP contribution is -2.15. The van der Waals surface area contributed by atoms with Gasteiger partial charge in [-0.3, -0.25) is 4.79 Å². The normalized spacial score (nSPS) is 11.2. The lowest BCUT2D eigenvalue weighted by Gasteiger charge is -2.12. The molecule has 0 amide bonds. The topological polar surface area (TPSA) is 87.2 Å². The first-order valence-corrected chi connectivity index (χ1v) is 12.5. The summed E-state index contributed by atoms with van der Waals surface area (Å²) in [6.07, 6.45) is 0.834. The summed E-state index contributed by atoms with van der Waals surface area (Å²) in [5, 5.41) is 14.8. The molecule has 3 heterocycles. The van der Waals surface area contributed by atoms with Crippen molar-refractivity contribution in [1.82, 2.24) is 29.4 Å². The summed E-state index contributed by atoms with van der Waals surface area (Å²) in [5.74, 6) is 1.99. The summed E-state index contributed by atoms with van der Waals surface area (Å²) in [6.45, 7) is 2.57. The average molecular weight is 491 g/mol. The summed E-state index contributed by atoms with van der Waals surface area (Å²) >= 11 is 2.91. The number of rotatable bonds is 8. The second kappa shape index (κ2) is 9.78. The van der Waals surface area contributed by atoms with Crippen LogP contribution in [-0.2, 0) is 18.7 Å². The maximum absolute atomic E-state index is 12.4. The van der Waals surface area contributed by atoms with Gasteiger partial charge in [-0.2, -0.15) is 9.61 Å². The molecule has 0 N–H and O–H groups in total. The van der Waals surface area contributed by atoms with E-state index >= 15 is 0 Å². The fraction of sp³-hybridized carbons (Fsp3) is 0.208. The number of para-hydroxylation sites is 1. The Labute approximate surface area is 204 Å². The van der Waals surface area contributed by atoms with Crippen LogP contribution in [0.25, 0.3) is 16.3 Å². The number of hydrogen-bond donors (Lipinski definition) is 0. The summed E-state index contributed by atoms with van der Waals surface area (Å²) < 4.78 is 9.02. The fourth-order valence-corrected chi connectivity index (χ4v) is 5.30. The van der Waals surface area contributed by atoms with Crippen LogP contribution in [0.4, 0.5) is 0 Å². The number of fused-ring (bicyclic) bond motifs is 1. The van der Waals surface area contributed by atoms with Gasteiger partial charge in [0.05, 0.1) is 18.4 Å². The quantitative estimate of drug-likeness (QED) is 0.300. The highest BCUT2D eigenvalue weighted by atomic mass is 32.2. The first-order chi connectivity index (χ1) is 16.6. The Kier molecular flexibility index (Phi) is 6.41. The van der Waals surface area contributed by atoms with E-state index in [1.54, 1.807) is 7.11 Å². The van der Waals surface area contributed by atoms with E-state index in [9.17, 15) is 4.79 Å². The van der Waals surface area contributed by atoms with Crippen molar-refractivity contribution in [2.24, 2.45) is 0 Å². The van der Waals surface area contributed by atoms with Crippen molar-refractivity contribution in [2.75, 3.05) is 7.11 Å². The average Bonchev–Trinajstić information content (AvgIpc) is 3.44. The van der Waals surface area contributed by atoms with Crippen LogP contribution in [0.3, 0.4) is 0 Å². The van der Waals surface area contributed by atoms with Gasteiger partial charge < -0.3 is 9.30 Å². The van der Waals surface area contributed by atoms with Crippen LogP contribution in [0.15, 0.2) is 70.6 Å². The van der Waals surface area contributed by atoms with E-state index in [0.29, 0.717) is 23.0 Å². The molecule has 8 nitrogen and oxygen atoms in total. The van der Waals surface area contributed by atoms with Crippen molar-refractivity contribution in [3.8, 4) is 17.1 Å². The van der Waals surface area contributed by atoms with Gasteiger partial charge in [0, 0.05) is 18.4 Å². The molecule has 3 aromatic heterocycles. The van der Waals surface area contributed by atoms with E-state index in [1.807, 2.05) is 49.4 Å². The van der Waals surface area contributed by atoms with E-state index in [2.05, 4.69) is 37.0 Å². The molecule has 0 aliphatic carbocycles. The third kappa shape index (κ3) is 4.59. The van der Waals surface area contributed by atoms with Crippen LogP contribution in [0.5, 0.6) is 5.75 Å². The van der Waals surface area contributed by atoms with Gasteiger partial charge in [-0.25, -0.2) is 4.98 Å². The highest BCUT2D eigenvalue weighted by Gasteiger charge is 2.18. The van der Waals surface area contributed by atoms with Crippen molar-refractivity contribution in [1.29, 1.82) is 0 Å². The number of ether oxygens (including phenoxy) is 1. The van der Waals surface area contributed by atoms with Crippen LogP contribution in [0, 0.1) is 6.92 Å². The molecule has 0 radical (unpaired) electrons. The molecule has 0 aliphatic heterocycles. The van der Waals surface area contributed by atoms with Crippen molar-refractivity contribution < 1.29 is 4.74 Å². The van der Waals surface area contributed by atoms with Gasteiger partial charge >= 0.3 is 0 Å². The minimum absolute atomic E-state index is 0.176. The number of methoxy groups -OCH3 is 1. The zero-order valence-corrected chi connectivity index (χ0v) is 20.3. The number of aryl methyl sites for hydroxylation is 2. The van der Waals surface area contributed by atoms with E-state index in [4.69, 9.17) is 4.74 Å². The monoisotopic (exact) mass is 490 g/mol. The van der Waals surface area contributed by atoms with Gasteiger partial charge in [0.1, 0.15) is 10.8 Å². The Hall–Kier alpha value is -3.50. The Balaban J connectivity index is 1.46. The molecule has 2 aromatic carbocycles. The standard InChI is InChI=1S/C24H22N6O2S2/c1-16-28-30-21(31)14-18(25-23(30)34-16)15-33-24-27-26-22(19-10-6-7-11-20(19)32-2)29(24)13-12-17-8-4-3-5-9-17/h3-11,14H,12-13,15H2,1-2H3. The molecule has 5 aromatic rings. The smallest absolute Gasteiger partial charge is 0.275 e. The fourth-order valence-electron chi connectivity index (χ4n) is 3.68. The second-order valence-corrected chi connectivity index (χ2v) is 9.69. The van der Waals surface area contributed by atoms with Crippen molar-refractivity contribution in [2.45, 2.75) is 30.8 Å². The van der Waals surface area contributed by atoms with Gasteiger partial charge in [0.15, 0.2) is 11.0 Å². The molecule has 0 atom stereocenters. The molecular weight excluding hydrogens is 468 g/mol. The molecule has 0 saturated carbocycles. The highest BCUT2D eigenvalue weighted by Crippen LogP contribution is 2.32. The largest absolute Gasteiger partial charge is 0.496 e. The minimum Gasteiger partial charge on any atom is -0.496 e. The summed E-state index contributed by atoms with van der Waals surface area (Å²) in [7, 11) is 1.65. The summed E-state index contributed by atoms with van der Waals surface area (Å²) in [6, 6.07) is 19.7. The Bertz CT molecular complexity index is 1490. The molecule has 0 saturated heterocycles. The summed E-state index contributed by atoms with van der Waals surface area (Å²) in [4.78, 5) is 17.6. The van der Waals surface area contributed by atoms with E-state index in [0.717, 1.165) is 33.7 Å². The summed E-state index contributed by atoms with van der Waals surface area (Å²) in [5.41, 5.74) is 2.63. The van der Waals surface area contributed by atoms with Gasteiger partial charge in [-0.15, -0.1) is 10.2 Å². The lowest BCUT2D eigenvalue weighted by atomic mass is 10.1. The Morgan fingerprint density at radius 2 is 1.85 bits per heavy atom. The molecule has 172 valence electrons. The number of nitrogens with zero attached hydrogens (tertiary/aromatic N) is 6. The van der Waals surface area contributed by atoms with Crippen LogP contribution in [0.1, 0.15) is 16.3 Å². The van der Waals surface area contributed by atoms with E-state index in [1.165, 1.54) is 39.2 Å². The lowest BCUT2D eigenvalue weighted by molar-refractivity contribution is 0.415. The molecule has 0 unspecified atom stereocenters. The number of thioether (sulfide) groups is 1. The second-order valence-electron chi connectivity index (χ2n) is 7.58. The molecule has 5 rings (SSSR count). The SMILES string of the molecule is COc1ccccc1-c1nnc(SCc2cc(=O)n3nc(C)sc3n2)n1CCc1ccccc1. The van der Waals surface area contributed by atoms with E-state index in [-0.39, 0.29) is 5.56 Å². The zero-order chi connectivity index (χ0) is 23.5. The van der Waals surface area contributed by atoms with Crippen LogP contribution >= 0.6 is 23.1 Å².